The highest BCUT2D eigenvalue weighted by Gasteiger charge is 2.15. The molecule has 0 saturated carbocycles. The van der Waals surface area contributed by atoms with Crippen LogP contribution in [-0.2, 0) is 0 Å². The van der Waals surface area contributed by atoms with Crippen LogP contribution >= 0.6 is 11.3 Å². The average Bonchev–Trinajstić information content (AvgIpc) is 2.94. The van der Waals surface area contributed by atoms with E-state index >= 15 is 0 Å². The smallest absolute Gasteiger partial charge is 0.263 e. The highest BCUT2D eigenvalue weighted by atomic mass is 32.1. The van der Waals surface area contributed by atoms with E-state index in [0.717, 1.165) is 35.1 Å². The molecule has 1 heterocycles. The molecule has 0 spiro atoms. The Labute approximate surface area is 141 Å². The molecule has 0 radical (unpaired) electrons. The zero-order valence-electron chi connectivity index (χ0n) is 13.8. The Balaban J connectivity index is 2.06. The minimum Gasteiger partial charge on any atom is -0.494 e. The molecule has 0 aliphatic carbocycles. The number of thiazole rings is 1. The van der Waals surface area contributed by atoms with Crippen molar-refractivity contribution < 1.29 is 9.53 Å². The quantitative estimate of drug-likeness (QED) is 0.729. The molecule has 23 heavy (non-hydrogen) atoms. The lowest BCUT2D eigenvalue weighted by atomic mass is 10.2. The standard InChI is InChI=1S/C17H23N3O2S/c1-4-18-10-11-19-16(21)15-12(3)20-17(23-15)13-6-8-14(9-7-13)22-5-2/h6-9,18H,4-5,10-11H2,1-3H3,(H,19,21). The van der Waals surface area contributed by atoms with Crippen LogP contribution in [0.1, 0.15) is 29.2 Å². The third-order valence-electron chi connectivity index (χ3n) is 3.25. The Morgan fingerprint density at radius 2 is 1.96 bits per heavy atom. The minimum atomic E-state index is -0.0601. The van der Waals surface area contributed by atoms with Gasteiger partial charge in [-0.2, -0.15) is 0 Å². The summed E-state index contributed by atoms with van der Waals surface area (Å²) >= 11 is 1.42. The summed E-state index contributed by atoms with van der Waals surface area (Å²) in [6.45, 7) is 8.80. The van der Waals surface area contributed by atoms with Crippen LogP contribution in [0.4, 0.5) is 0 Å². The fourth-order valence-electron chi connectivity index (χ4n) is 2.11. The number of likely N-dealkylation sites (N-methyl/N-ethyl adjacent to an activating group) is 1. The van der Waals surface area contributed by atoms with Crippen LogP contribution in [0.15, 0.2) is 24.3 Å². The predicted octanol–water partition coefficient (Wildman–Crippen LogP) is 2.86. The first-order valence-electron chi connectivity index (χ1n) is 7.85. The van der Waals surface area contributed by atoms with E-state index in [0.29, 0.717) is 18.0 Å². The van der Waals surface area contributed by atoms with Gasteiger partial charge in [0.05, 0.1) is 12.3 Å². The number of hydrogen-bond donors (Lipinski definition) is 2. The maximum absolute atomic E-state index is 12.2. The summed E-state index contributed by atoms with van der Waals surface area (Å²) in [5, 5.41) is 6.94. The van der Waals surface area contributed by atoms with E-state index in [9.17, 15) is 4.79 Å². The molecular weight excluding hydrogens is 310 g/mol. The Morgan fingerprint density at radius 1 is 1.22 bits per heavy atom. The van der Waals surface area contributed by atoms with Crippen molar-refractivity contribution in [2.75, 3.05) is 26.2 Å². The van der Waals surface area contributed by atoms with E-state index in [1.165, 1.54) is 11.3 Å². The molecule has 1 aromatic heterocycles. The topological polar surface area (TPSA) is 63.2 Å². The molecule has 124 valence electrons. The first-order chi connectivity index (χ1) is 11.2. The van der Waals surface area contributed by atoms with Crippen molar-refractivity contribution in [2.24, 2.45) is 0 Å². The van der Waals surface area contributed by atoms with E-state index in [2.05, 4.69) is 15.6 Å². The largest absolute Gasteiger partial charge is 0.494 e. The van der Waals surface area contributed by atoms with Crippen LogP contribution in [0, 0.1) is 6.92 Å². The molecule has 2 rings (SSSR count). The lowest BCUT2D eigenvalue weighted by Gasteiger charge is -2.04. The Bertz CT molecular complexity index is 638. The summed E-state index contributed by atoms with van der Waals surface area (Å²) in [6, 6.07) is 7.78. The summed E-state index contributed by atoms with van der Waals surface area (Å²) in [5.41, 5.74) is 1.76. The molecule has 0 saturated heterocycles. The van der Waals surface area contributed by atoms with Gasteiger partial charge in [0.1, 0.15) is 15.6 Å². The van der Waals surface area contributed by atoms with Gasteiger partial charge < -0.3 is 15.4 Å². The van der Waals surface area contributed by atoms with Crippen LogP contribution in [0.25, 0.3) is 10.6 Å². The monoisotopic (exact) mass is 333 g/mol. The van der Waals surface area contributed by atoms with E-state index in [4.69, 9.17) is 4.74 Å². The Hall–Kier alpha value is -1.92. The van der Waals surface area contributed by atoms with Gasteiger partial charge in [0, 0.05) is 18.7 Å². The fourth-order valence-corrected chi connectivity index (χ4v) is 3.10. The number of carbonyl (C=O) groups excluding carboxylic acids is 1. The zero-order valence-corrected chi connectivity index (χ0v) is 14.6. The Kier molecular flexibility index (Phi) is 6.55. The number of aryl methyl sites for hydroxylation is 1. The maximum atomic E-state index is 12.2. The molecule has 2 aromatic rings. The molecule has 0 aliphatic rings. The molecule has 0 atom stereocenters. The second-order valence-corrected chi connectivity index (χ2v) is 6.00. The first-order valence-corrected chi connectivity index (χ1v) is 8.67. The van der Waals surface area contributed by atoms with Crippen molar-refractivity contribution in [3.05, 3.63) is 34.8 Å². The fraction of sp³-hybridized carbons (Fsp3) is 0.412. The molecule has 0 fully saturated rings. The summed E-state index contributed by atoms with van der Waals surface area (Å²) in [5.74, 6) is 0.779. The highest BCUT2D eigenvalue weighted by Crippen LogP contribution is 2.29. The number of hydrogen-bond acceptors (Lipinski definition) is 5. The van der Waals surface area contributed by atoms with Gasteiger partial charge in [-0.05, 0) is 44.7 Å². The van der Waals surface area contributed by atoms with Crippen molar-refractivity contribution in [1.82, 2.24) is 15.6 Å². The number of benzene rings is 1. The van der Waals surface area contributed by atoms with E-state index in [1.807, 2.05) is 45.0 Å². The summed E-state index contributed by atoms with van der Waals surface area (Å²) in [6.07, 6.45) is 0. The van der Waals surface area contributed by atoms with Crippen molar-refractivity contribution in [3.8, 4) is 16.3 Å². The lowest BCUT2D eigenvalue weighted by Crippen LogP contribution is -2.31. The molecule has 1 aromatic carbocycles. The molecule has 5 nitrogen and oxygen atoms in total. The van der Waals surface area contributed by atoms with Gasteiger partial charge in [0.15, 0.2) is 0 Å². The van der Waals surface area contributed by atoms with Gasteiger partial charge in [-0.25, -0.2) is 4.98 Å². The van der Waals surface area contributed by atoms with Crippen LogP contribution < -0.4 is 15.4 Å². The molecule has 6 heteroatoms. The number of ether oxygens (including phenoxy) is 1. The number of carbonyl (C=O) groups is 1. The van der Waals surface area contributed by atoms with Gasteiger partial charge in [-0.15, -0.1) is 11.3 Å². The zero-order chi connectivity index (χ0) is 16.7. The van der Waals surface area contributed by atoms with Crippen molar-refractivity contribution >= 4 is 17.2 Å². The van der Waals surface area contributed by atoms with Crippen molar-refractivity contribution in [3.63, 3.8) is 0 Å². The number of amides is 1. The van der Waals surface area contributed by atoms with E-state index in [1.54, 1.807) is 0 Å². The molecule has 2 N–H and O–H groups in total. The third-order valence-corrected chi connectivity index (χ3v) is 4.46. The lowest BCUT2D eigenvalue weighted by molar-refractivity contribution is 0.0957. The van der Waals surface area contributed by atoms with Crippen LogP contribution in [0.2, 0.25) is 0 Å². The van der Waals surface area contributed by atoms with Gasteiger partial charge in [0.25, 0.3) is 5.91 Å². The predicted molar refractivity (Wildman–Crippen MR) is 94.3 cm³/mol. The second kappa shape index (κ2) is 8.64. The van der Waals surface area contributed by atoms with Crippen LogP contribution in [0.5, 0.6) is 5.75 Å². The summed E-state index contributed by atoms with van der Waals surface area (Å²) in [7, 11) is 0. The van der Waals surface area contributed by atoms with Crippen LogP contribution in [-0.4, -0.2) is 37.1 Å². The number of rotatable bonds is 8. The van der Waals surface area contributed by atoms with Gasteiger partial charge >= 0.3 is 0 Å². The molecular formula is C17H23N3O2S. The Morgan fingerprint density at radius 3 is 2.61 bits per heavy atom. The van der Waals surface area contributed by atoms with Crippen molar-refractivity contribution in [1.29, 1.82) is 0 Å². The summed E-state index contributed by atoms with van der Waals surface area (Å²) in [4.78, 5) is 17.4. The molecule has 0 aliphatic heterocycles. The second-order valence-electron chi connectivity index (χ2n) is 5.00. The van der Waals surface area contributed by atoms with E-state index in [-0.39, 0.29) is 5.91 Å². The SMILES string of the molecule is CCNCCNC(=O)c1sc(-c2ccc(OCC)cc2)nc1C. The van der Waals surface area contributed by atoms with Gasteiger partial charge in [-0.3, -0.25) is 4.79 Å². The van der Waals surface area contributed by atoms with E-state index < -0.39 is 0 Å². The minimum absolute atomic E-state index is 0.0601. The number of nitrogens with zero attached hydrogens (tertiary/aromatic N) is 1. The third kappa shape index (κ3) is 4.77. The van der Waals surface area contributed by atoms with Gasteiger partial charge in [0.2, 0.25) is 0 Å². The summed E-state index contributed by atoms with van der Waals surface area (Å²) < 4.78 is 5.44. The van der Waals surface area contributed by atoms with Crippen molar-refractivity contribution in [2.45, 2.75) is 20.8 Å². The number of aromatic nitrogens is 1. The molecule has 0 unspecified atom stereocenters. The van der Waals surface area contributed by atoms with Crippen LogP contribution in [0.3, 0.4) is 0 Å². The first kappa shape index (κ1) is 17.4. The van der Waals surface area contributed by atoms with Gasteiger partial charge in [-0.1, -0.05) is 6.92 Å². The maximum Gasteiger partial charge on any atom is 0.263 e. The molecule has 1 amide bonds. The molecule has 0 bridgehead atoms. The average molecular weight is 333 g/mol. The highest BCUT2D eigenvalue weighted by molar-refractivity contribution is 7.17. The normalized spacial score (nSPS) is 10.6. The number of nitrogens with one attached hydrogen (secondary N) is 2.